The van der Waals surface area contributed by atoms with Crippen LogP contribution in [0.4, 0.5) is 0 Å². The number of phenolic OH excluding ortho intramolecular Hbond substituents is 2. The Bertz CT molecular complexity index is 1090. The maximum absolute atomic E-state index is 13.3. The predicted molar refractivity (Wildman–Crippen MR) is 128 cm³/mol. The summed E-state index contributed by atoms with van der Waals surface area (Å²) in [6.45, 7) is 10.2. The number of hydrogen-bond acceptors (Lipinski definition) is 6. The first kappa shape index (κ1) is 24.2. The second kappa shape index (κ2) is 10.0. The minimum Gasteiger partial charge on any atom is -0.508 e. The van der Waals surface area contributed by atoms with Gasteiger partial charge in [0.25, 0.3) is 0 Å². The van der Waals surface area contributed by atoms with E-state index in [9.17, 15) is 15.0 Å². The zero-order valence-electron chi connectivity index (χ0n) is 19.9. The van der Waals surface area contributed by atoms with E-state index in [1.165, 1.54) is 38.0 Å². The molecule has 0 saturated carbocycles. The van der Waals surface area contributed by atoms with Gasteiger partial charge in [-0.25, -0.2) is 0 Å². The van der Waals surface area contributed by atoms with Crippen molar-refractivity contribution in [3.63, 3.8) is 0 Å². The zero-order chi connectivity index (χ0) is 24.3. The number of ketones is 1. The van der Waals surface area contributed by atoms with Crippen LogP contribution in [0, 0.1) is 5.92 Å². The smallest absolute Gasteiger partial charge is 0.174 e. The molecule has 0 aliphatic carbocycles. The van der Waals surface area contributed by atoms with Gasteiger partial charge in [-0.15, -0.1) is 0 Å². The zero-order valence-corrected chi connectivity index (χ0v) is 19.9. The van der Waals surface area contributed by atoms with Crippen LogP contribution >= 0.6 is 0 Å². The number of fused-ring (bicyclic) bond motifs is 1. The van der Waals surface area contributed by atoms with E-state index in [1.807, 2.05) is 20.8 Å². The van der Waals surface area contributed by atoms with Crippen molar-refractivity contribution in [1.29, 1.82) is 0 Å². The highest BCUT2D eigenvalue weighted by molar-refractivity contribution is 6.03. The molecule has 0 amide bonds. The third-order valence-corrected chi connectivity index (χ3v) is 5.98. The molecule has 0 radical (unpaired) electrons. The molecule has 1 heterocycles. The average molecular weight is 453 g/mol. The van der Waals surface area contributed by atoms with Gasteiger partial charge in [0.05, 0.1) is 20.6 Å². The minimum atomic E-state index is -0.633. The predicted octanol–water partition coefficient (Wildman–Crippen LogP) is 5.91. The molecule has 2 N–H and O–H groups in total. The summed E-state index contributed by atoms with van der Waals surface area (Å²) in [5, 5.41) is 20.7. The third-order valence-electron chi connectivity index (χ3n) is 5.98. The summed E-state index contributed by atoms with van der Waals surface area (Å²) in [5.74, 6) is 1.02. The molecular weight excluding hydrogens is 420 g/mol. The van der Waals surface area contributed by atoms with Gasteiger partial charge in [-0.2, -0.15) is 0 Å². The maximum atomic E-state index is 13.3. The number of rotatable bonds is 8. The Morgan fingerprint density at radius 1 is 1.18 bits per heavy atom. The summed E-state index contributed by atoms with van der Waals surface area (Å²) in [4.78, 5) is 13.3. The summed E-state index contributed by atoms with van der Waals surface area (Å²) in [6.07, 6.45) is 2.82. The number of ether oxygens (including phenoxy) is 3. The molecule has 2 unspecified atom stereocenters. The molecule has 3 rings (SSSR count). The number of carbonyl (C=O) groups is 1. The molecule has 2 atom stereocenters. The molecule has 0 aromatic heterocycles. The lowest BCUT2D eigenvalue weighted by atomic mass is 9.86. The van der Waals surface area contributed by atoms with E-state index >= 15 is 0 Å². The number of phenols is 2. The fraction of sp³-hybridized carbons (Fsp3) is 0.370. The summed E-state index contributed by atoms with van der Waals surface area (Å²) in [5.41, 5.74) is 3.71. The number of carbonyl (C=O) groups excluding carboxylic acids is 1. The van der Waals surface area contributed by atoms with E-state index < -0.39 is 6.10 Å². The molecule has 2 aromatic carbocycles. The lowest BCUT2D eigenvalue weighted by Gasteiger charge is -2.30. The summed E-state index contributed by atoms with van der Waals surface area (Å²) in [7, 11) is 2.96. The second-order valence-corrected chi connectivity index (χ2v) is 8.71. The highest BCUT2D eigenvalue weighted by Crippen LogP contribution is 2.48. The van der Waals surface area contributed by atoms with Crippen LogP contribution in [0.15, 0.2) is 48.1 Å². The first-order valence-corrected chi connectivity index (χ1v) is 10.9. The summed E-state index contributed by atoms with van der Waals surface area (Å²) < 4.78 is 17.2. The van der Waals surface area contributed by atoms with Crippen LogP contribution in [0.1, 0.15) is 61.2 Å². The van der Waals surface area contributed by atoms with Gasteiger partial charge in [0.2, 0.25) is 0 Å². The SMILES string of the molecule is C=C(C)C(CC=C(C)C)Cc1c(O)cc(OC)c2c1OC(c1ccc(O)cc1OC)CC2=O. The fourth-order valence-electron chi connectivity index (χ4n) is 4.09. The molecule has 0 fully saturated rings. The number of benzene rings is 2. The molecular formula is C27H32O6. The number of hydrogen-bond donors (Lipinski definition) is 2. The van der Waals surface area contributed by atoms with Crippen molar-refractivity contribution in [2.45, 2.75) is 46.1 Å². The Kier molecular flexibility index (Phi) is 7.36. The van der Waals surface area contributed by atoms with Gasteiger partial charge in [0, 0.05) is 23.3 Å². The number of methoxy groups -OCH3 is 2. The van der Waals surface area contributed by atoms with Crippen molar-refractivity contribution >= 4 is 5.78 Å². The van der Waals surface area contributed by atoms with Crippen LogP contribution < -0.4 is 14.2 Å². The van der Waals surface area contributed by atoms with E-state index in [2.05, 4.69) is 12.7 Å². The molecule has 33 heavy (non-hydrogen) atoms. The molecule has 0 spiro atoms. The van der Waals surface area contributed by atoms with E-state index in [-0.39, 0.29) is 35.4 Å². The van der Waals surface area contributed by atoms with Gasteiger partial charge < -0.3 is 24.4 Å². The Balaban J connectivity index is 2.10. The van der Waals surface area contributed by atoms with Crippen molar-refractivity contribution in [3.8, 4) is 28.7 Å². The van der Waals surface area contributed by atoms with Gasteiger partial charge in [0.1, 0.15) is 40.4 Å². The van der Waals surface area contributed by atoms with Crippen LogP contribution in [0.3, 0.4) is 0 Å². The lowest BCUT2D eigenvalue weighted by molar-refractivity contribution is 0.0838. The Hall–Kier alpha value is -3.41. The van der Waals surface area contributed by atoms with Crippen molar-refractivity contribution in [1.82, 2.24) is 0 Å². The van der Waals surface area contributed by atoms with E-state index in [0.29, 0.717) is 34.6 Å². The standard InChI is InChI=1S/C27H32O6/c1-15(2)7-8-17(16(3)4)11-20-21(29)13-25(32-6)26-22(30)14-24(33-27(20)26)19-10-9-18(28)12-23(19)31-5/h7,9-10,12-13,17,24,28-29H,3,8,11,14H2,1-2,4-6H3. The largest absolute Gasteiger partial charge is 0.508 e. The van der Waals surface area contributed by atoms with Crippen molar-refractivity contribution in [3.05, 3.63) is 64.8 Å². The first-order chi connectivity index (χ1) is 15.7. The Labute approximate surface area is 195 Å². The molecule has 6 heteroatoms. The first-order valence-electron chi connectivity index (χ1n) is 10.9. The highest BCUT2D eigenvalue weighted by atomic mass is 16.5. The number of Topliss-reactive ketones (excluding diaryl/α,β-unsaturated/α-hetero) is 1. The van der Waals surface area contributed by atoms with Gasteiger partial charge >= 0.3 is 0 Å². The highest BCUT2D eigenvalue weighted by Gasteiger charge is 2.35. The fourth-order valence-corrected chi connectivity index (χ4v) is 4.09. The van der Waals surface area contributed by atoms with Crippen LogP contribution in [-0.4, -0.2) is 30.2 Å². The molecule has 176 valence electrons. The number of aromatic hydroxyl groups is 2. The van der Waals surface area contributed by atoms with Crippen LogP contribution in [0.2, 0.25) is 0 Å². The molecule has 6 nitrogen and oxygen atoms in total. The van der Waals surface area contributed by atoms with E-state index in [0.717, 1.165) is 12.0 Å². The van der Waals surface area contributed by atoms with E-state index in [4.69, 9.17) is 14.2 Å². The van der Waals surface area contributed by atoms with Crippen molar-refractivity contribution in [2.75, 3.05) is 14.2 Å². The maximum Gasteiger partial charge on any atom is 0.174 e. The topological polar surface area (TPSA) is 85.2 Å². The third kappa shape index (κ3) is 5.16. The van der Waals surface area contributed by atoms with Gasteiger partial charge in [-0.05, 0) is 51.7 Å². The summed E-state index contributed by atoms with van der Waals surface area (Å²) in [6, 6.07) is 6.18. The van der Waals surface area contributed by atoms with Gasteiger partial charge in [-0.1, -0.05) is 23.8 Å². The van der Waals surface area contributed by atoms with Gasteiger partial charge in [-0.3, -0.25) is 4.79 Å². The van der Waals surface area contributed by atoms with Crippen LogP contribution in [-0.2, 0) is 6.42 Å². The van der Waals surface area contributed by atoms with Crippen molar-refractivity contribution < 1.29 is 29.2 Å². The van der Waals surface area contributed by atoms with Crippen LogP contribution in [0.25, 0.3) is 0 Å². The summed E-state index contributed by atoms with van der Waals surface area (Å²) >= 11 is 0. The normalized spacial score (nSPS) is 15.8. The average Bonchev–Trinajstić information content (AvgIpc) is 2.76. The van der Waals surface area contributed by atoms with Gasteiger partial charge in [0.15, 0.2) is 5.78 Å². The second-order valence-electron chi connectivity index (χ2n) is 8.71. The molecule has 0 saturated heterocycles. The monoisotopic (exact) mass is 452 g/mol. The van der Waals surface area contributed by atoms with Crippen molar-refractivity contribution in [2.24, 2.45) is 5.92 Å². The molecule has 1 aliphatic heterocycles. The van der Waals surface area contributed by atoms with Crippen LogP contribution in [0.5, 0.6) is 28.7 Å². The Morgan fingerprint density at radius 3 is 2.48 bits per heavy atom. The minimum absolute atomic E-state index is 0.0140. The molecule has 0 bridgehead atoms. The number of allylic oxidation sites excluding steroid dienone is 3. The van der Waals surface area contributed by atoms with E-state index in [1.54, 1.807) is 6.07 Å². The lowest BCUT2D eigenvalue weighted by Crippen LogP contribution is -2.23. The Morgan fingerprint density at radius 2 is 1.88 bits per heavy atom. The molecule has 2 aromatic rings. The quantitative estimate of drug-likeness (QED) is 0.484. The molecule has 1 aliphatic rings.